The van der Waals surface area contributed by atoms with Gasteiger partial charge >= 0.3 is 5.97 Å². The van der Waals surface area contributed by atoms with Crippen LogP contribution >= 0.6 is 0 Å². The van der Waals surface area contributed by atoms with Crippen molar-refractivity contribution in [3.05, 3.63) is 29.8 Å². The van der Waals surface area contributed by atoms with E-state index in [1.165, 1.54) is 62.6 Å². The maximum atomic E-state index is 11.4. The average Bonchev–Trinajstić information content (AvgIpc) is 2.67. The summed E-state index contributed by atoms with van der Waals surface area (Å²) < 4.78 is 4.98. The number of esters is 1. The summed E-state index contributed by atoms with van der Waals surface area (Å²) in [5.74, 6) is 2.89. The van der Waals surface area contributed by atoms with Gasteiger partial charge in [-0.1, -0.05) is 44.2 Å². The van der Waals surface area contributed by atoms with E-state index in [1.54, 1.807) is 0 Å². The van der Waals surface area contributed by atoms with Gasteiger partial charge in [0.2, 0.25) is 0 Å². The Bertz CT molecular complexity index is 554. The van der Waals surface area contributed by atoms with Crippen LogP contribution in [0, 0.1) is 17.8 Å². The van der Waals surface area contributed by atoms with E-state index in [-0.39, 0.29) is 5.97 Å². The molecular formula is C23H35NO2. The lowest BCUT2D eigenvalue weighted by atomic mass is 9.67. The number of rotatable bonds is 8. The molecule has 0 spiro atoms. The third-order valence-electron chi connectivity index (χ3n) is 6.41. The van der Waals surface area contributed by atoms with Crippen molar-refractivity contribution in [3.8, 4) is 0 Å². The molecule has 1 aromatic rings. The van der Waals surface area contributed by atoms with Gasteiger partial charge in [0, 0.05) is 18.7 Å². The summed E-state index contributed by atoms with van der Waals surface area (Å²) in [6.07, 6.45) is 12.8. The van der Waals surface area contributed by atoms with Gasteiger partial charge in [-0.15, -0.1) is 0 Å². The number of aryl methyl sites for hydroxylation is 1. The van der Waals surface area contributed by atoms with Gasteiger partial charge in [0.1, 0.15) is 0 Å². The van der Waals surface area contributed by atoms with Crippen LogP contribution in [0.25, 0.3) is 0 Å². The smallest absolute Gasteiger partial charge is 0.306 e. The Morgan fingerprint density at radius 1 is 1.08 bits per heavy atom. The first-order valence-electron chi connectivity index (χ1n) is 10.7. The largest absolute Gasteiger partial charge is 0.466 e. The summed E-state index contributed by atoms with van der Waals surface area (Å²) in [6, 6.07) is 8.51. The molecule has 3 heteroatoms. The molecule has 3 nitrogen and oxygen atoms in total. The molecule has 2 aliphatic carbocycles. The molecule has 26 heavy (non-hydrogen) atoms. The molecular weight excluding hydrogens is 322 g/mol. The van der Waals surface area contributed by atoms with Crippen molar-refractivity contribution in [1.82, 2.24) is 0 Å². The van der Waals surface area contributed by atoms with Crippen LogP contribution in [0.15, 0.2) is 24.3 Å². The third kappa shape index (κ3) is 5.75. The number of nitrogens with one attached hydrogen (secondary N) is 1. The number of hydrogen-bond donors (Lipinski definition) is 1. The second kappa shape index (κ2) is 9.99. The van der Waals surface area contributed by atoms with Crippen molar-refractivity contribution in [2.75, 3.05) is 18.5 Å². The Morgan fingerprint density at radius 2 is 1.85 bits per heavy atom. The molecule has 0 aromatic heterocycles. The molecule has 2 fully saturated rings. The van der Waals surface area contributed by atoms with Gasteiger partial charge in [-0.3, -0.25) is 4.79 Å². The minimum absolute atomic E-state index is 0.109. The van der Waals surface area contributed by atoms with Crippen molar-refractivity contribution in [1.29, 1.82) is 0 Å². The molecule has 0 amide bonds. The zero-order chi connectivity index (χ0) is 18.2. The van der Waals surface area contributed by atoms with E-state index >= 15 is 0 Å². The van der Waals surface area contributed by atoms with Crippen LogP contribution in [0.1, 0.15) is 70.3 Å². The number of ether oxygens (including phenoxy) is 1. The monoisotopic (exact) mass is 357 g/mol. The van der Waals surface area contributed by atoms with E-state index in [4.69, 9.17) is 4.74 Å². The lowest BCUT2D eigenvalue weighted by Crippen LogP contribution is -2.28. The highest BCUT2D eigenvalue weighted by Gasteiger charge is 2.31. The minimum Gasteiger partial charge on any atom is -0.466 e. The molecule has 0 saturated heterocycles. The molecule has 1 N–H and O–H groups in total. The van der Waals surface area contributed by atoms with Crippen LogP contribution in [0.3, 0.4) is 0 Å². The maximum Gasteiger partial charge on any atom is 0.306 e. The molecule has 3 atom stereocenters. The standard InChI is InChI=1S/C23H35NO2/c1-2-26-23(25)14-10-18-8-12-22(13-9-18)24-16-15-19-7-11-20-5-3-4-6-21(20)17-19/h8-9,12-13,19-21,24H,2-7,10-11,14-17H2,1H3. The molecule has 3 unspecified atom stereocenters. The molecule has 3 rings (SSSR count). The number of benzene rings is 1. The van der Waals surface area contributed by atoms with Gasteiger partial charge in [-0.25, -0.2) is 0 Å². The fraction of sp³-hybridized carbons (Fsp3) is 0.696. The molecule has 0 aliphatic heterocycles. The summed E-state index contributed by atoms with van der Waals surface area (Å²) >= 11 is 0. The summed E-state index contributed by atoms with van der Waals surface area (Å²) in [7, 11) is 0. The van der Waals surface area contributed by atoms with Crippen molar-refractivity contribution in [2.24, 2.45) is 17.8 Å². The van der Waals surface area contributed by atoms with Gasteiger partial charge in [-0.2, -0.15) is 0 Å². The van der Waals surface area contributed by atoms with Gasteiger partial charge < -0.3 is 10.1 Å². The van der Waals surface area contributed by atoms with Crippen molar-refractivity contribution in [3.63, 3.8) is 0 Å². The summed E-state index contributed by atoms with van der Waals surface area (Å²) in [4.78, 5) is 11.4. The van der Waals surface area contributed by atoms with E-state index in [2.05, 4.69) is 29.6 Å². The van der Waals surface area contributed by atoms with E-state index in [0.717, 1.165) is 30.7 Å². The number of hydrogen-bond acceptors (Lipinski definition) is 3. The predicted molar refractivity (Wildman–Crippen MR) is 107 cm³/mol. The topological polar surface area (TPSA) is 38.3 Å². The highest BCUT2D eigenvalue weighted by atomic mass is 16.5. The normalized spacial score (nSPS) is 25.3. The first kappa shape index (κ1) is 19.3. The Kier molecular flexibility index (Phi) is 7.40. The summed E-state index contributed by atoms with van der Waals surface area (Å²) in [6.45, 7) is 3.38. The van der Waals surface area contributed by atoms with Crippen LogP contribution in [0.4, 0.5) is 5.69 Å². The number of fused-ring (bicyclic) bond motifs is 1. The summed E-state index contributed by atoms with van der Waals surface area (Å²) in [5.41, 5.74) is 2.38. The van der Waals surface area contributed by atoms with Crippen molar-refractivity contribution in [2.45, 2.75) is 71.1 Å². The van der Waals surface area contributed by atoms with Crippen molar-refractivity contribution < 1.29 is 9.53 Å². The second-order valence-corrected chi connectivity index (χ2v) is 8.20. The second-order valence-electron chi connectivity index (χ2n) is 8.20. The van der Waals surface area contributed by atoms with E-state index in [1.807, 2.05) is 6.92 Å². The first-order valence-corrected chi connectivity index (χ1v) is 10.7. The van der Waals surface area contributed by atoms with Crippen LogP contribution in [0.2, 0.25) is 0 Å². The Balaban J connectivity index is 1.35. The molecule has 1 aromatic carbocycles. The van der Waals surface area contributed by atoms with E-state index in [9.17, 15) is 4.79 Å². The molecule has 0 heterocycles. The maximum absolute atomic E-state index is 11.4. The molecule has 0 bridgehead atoms. The van der Waals surface area contributed by atoms with Crippen molar-refractivity contribution >= 4 is 11.7 Å². The van der Waals surface area contributed by atoms with Crippen LogP contribution in [0.5, 0.6) is 0 Å². The van der Waals surface area contributed by atoms with Crippen LogP contribution in [-0.2, 0) is 16.0 Å². The number of carbonyl (C=O) groups is 1. The highest BCUT2D eigenvalue weighted by Crippen LogP contribution is 2.43. The van der Waals surface area contributed by atoms with E-state index < -0.39 is 0 Å². The quantitative estimate of drug-likeness (QED) is 0.616. The van der Waals surface area contributed by atoms with Gasteiger partial charge in [0.05, 0.1) is 6.61 Å². The Morgan fingerprint density at radius 3 is 2.62 bits per heavy atom. The molecule has 0 radical (unpaired) electrons. The van der Waals surface area contributed by atoms with E-state index in [0.29, 0.717) is 13.0 Å². The Hall–Kier alpha value is -1.51. The molecule has 2 saturated carbocycles. The SMILES string of the molecule is CCOC(=O)CCc1ccc(NCCC2CCC3CCCCC3C2)cc1. The highest BCUT2D eigenvalue weighted by molar-refractivity contribution is 5.69. The third-order valence-corrected chi connectivity index (χ3v) is 6.41. The molecule has 2 aliphatic rings. The van der Waals surface area contributed by atoms with Gasteiger partial charge in [0.25, 0.3) is 0 Å². The predicted octanol–water partition coefficient (Wildman–Crippen LogP) is 5.59. The summed E-state index contributed by atoms with van der Waals surface area (Å²) in [5, 5.41) is 3.58. The molecule has 144 valence electrons. The van der Waals surface area contributed by atoms with Gasteiger partial charge in [-0.05, 0) is 68.1 Å². The fourth-order valence-corrected chi connectivity index (χ4v) is 4.92. The number of carbonyl (C=O) groups excluding carboxylic acids is 1. The zero-order valence-electron chi connectivity index (χ0n) is 16.3. The minimum atomic E-state index is -0.109. The van der Waals surface area contributed by atoms with Crippen LogP contribution in [-0.4, -0.2) is 19.1 Å². The zero-order valence-corrected chi connectivity index (χ0v) is 16.3. The average molecular weight is 358 g/mol. The lowest BCUT2D eigenvalue weighted by molar-refractivity contribution is -0.143. The lowest BCUT2D eigenvalue weighted by Gasteiger charge is -2.39. The number of anilines is 1. The first-order chi connectivity index (χ1) is 12.7. The Labute approximate surface area is 158 Å². The van der Waals surface area contributed by atoms with Crippen LogP contribution < -0.4 is 5.32 Å². The van der Waals surface area contributed by atoms with Gasteiger partial charge in [0.15, 0.2) is 0 Å². The fourth-order valence-electron chi connectivity index (χ4n) is 4.92.